The van der Waals surface area contributed by atoms with Gasteiger partial charge in [-0.2, -0.15) is 5.10 Å². The van der Waals surface area contributed by atoms with Crippen LogP contribution in [0.15, 0.2) is 54.4 Å². The quantitative estimate of drug-likeness (QED) is 0.756. The molecule has 0 aliphatic heterocycles. The summed E-state index contributed by atoms with van der Waals surface area (Å²) in [6, 6.07) is 11.6. The first-order chi connectivity index (χ1) is 11.2. The van der Waals surface area contributed by atoms with Gasteiger partial charge in [0.05, 0.1) is 6.54 Å². The molecule has 0 radical (unpaired) electrons. The summed E-state index contributed by atoms with van der Waals surface area (Å²) in [5, 5.41) is 11.8. The number of hydrogen-bond acceptors (Lipinski definition) is 4. The zero-order valence-electron chi connectivity index (χ0n) is 12.6. The maximum atomic E-state index is 12.1. The monoisotopic (exact) mass is 327 g/mol. The predicted molar refractivity (Wildman–Crippen MR) is 91.4 cm³/mol. The van der Waals surface area contributed by atoms with Crippen molar-refractivity contribution in [3.63, 3.8) is 0 Å². The molecular weight excluding hydrogens is 310 g/mol. The topological polar surface area (TPSA) is 71.8 Å². The van der Waals surface area contributed by atoms with Crippen molar-refractivity contribution in [2.45, 2.75) is 19.5 Å². The number of thiophene rings is 1. The summed E-state index contributed by atoms with van der Waals surface area (Å²) in [5.41, 5.74) is 1.86. The molecule has 1 aromatic carbocycles. The van der Waals surface area contributed by atoms with Crippen molar-refractivity contribution in [2.24, 2.45) is 0 Å². The highest BCUT2D eigenvalue weighted by molar-refractivity contribution is 7.13. The number of amides is 2. The number of rotatable bonds is 5. The Morgan fingerprint density at radius 2 is 2.26 bits per heavy atom. The van der Waals surface area contributed by atoms with Crippen LogP contribution in [0.3, 0.4) is 0 Å². The Labute approximate surface area is 138 Å². The van der Waals surface area contributed by atoms with Crippen LogP contribution in [0, 0.1) is 0 Å². The van der Waals surface area contributed by atoms with Crippen LogP contribution in [0.1, 0.15) is 6.92 Å². The first-order valence-corrected chi connectivity index (χ1v) is 8.12. The van der Waals surface area contributed by atoms with E-state index in [-0.39, 0.29) is 12.1 Å². The molecule has 0 saturated heterocycles. The molecule has 2 heterocycles. The normalized spacial score (nSPS) is 11.9. The summed E-state index contributed by atoms with van der Waals surface area (Å²) < 4.78 is 1.68. The van der Waals surface area contributed by atoms with Crippen LogP contribution in [0.4, 0.5) is 10.5 Å². The summed E-state index contributed by atoms with van der Waals surface area (Å²) in [4.78, 5) is 17.1. The molecule has 23 heavy (non-hydrogen) atoms. The van der Waals surface area contributed by atoms with Crippen molar-refractivity contribution in [3.8, 4) is 10.4 Å². The Balaban J connectivity index is 1.58. The number of benzene rings is 1. The van der Waals surface area contributed by atoms with Crippen LogP contribution < -0.4 is 10.6 Å². The van der Waals surface area contributed by atoms with E-state index in [2.05, 4.69) is 26.8 Å². The molecule has 6 nitrogen and oxygen atoms in total. The Hall–Kier alpha value is -2.67. The molecule has 0 saturated carbocycles. The standard InChI is InChI=1S/C16H17N5OS/c1-12(9-21-11-17-10-18-21)19-16(22)20-14-5-2-4-13(8-14)15-6-3-7-23-15/h2-8,10-12H,9H2,1H3,(H2,19,20,22)/t12-/m0/s1. The molecule has 0 spiro atoms. The fraction of sp³-hybridized carbons (Fsp3) is 0.188. The zero-order chi connectivity index (χ0) is 16.1. The van der Waals surface area contributed by atoms with Gasteiger partial charge in [0.1, 0.15) is 12.7 Å². The fourth-order valence-corrected chi connectivity index (χ4v) is 2.96. The van der Waals surface area contributed by atoms with E-state index in [4.69, 9.17) is 0 Å². The predicted octanol–water partition coefficient (Wildman–Crippen LogP) is 3.22. The van der Waals surface area contributed by atoms with Crippen molar-refractivity contribution in [3.05, 3.63) is 54.4 Å². The molecule has 7 heteroatoms. The minimum atomic E-state index is -0.235. The summed E-state index contributed by atoms with van der Waals surface area (Å²) >= 11 is 1.67. The second kappa shape index (κ2) is 7.06. The van der Waals surface area contributed by atoms with Crippen LogP contribution in [0.2, 0.25) is 0 Å². The molecule has 2 N–H and O–H groups in total. The Morgan fingerprint density at radius 1 is 1.35 bits per heavy atom. The van der Waals surface area contributed by atoms with E-state index in [1.54, 1.807) is 22.3 Å². The van der Waals surface area contributed by atoms with Crippen LogP contribution in [-0.2, 0) is 6.54 Å². The van der Waals surface area contributed by atoms with Crippen LogP contribution in [0.5, 0.6) is 0 Å². The highest BCUT2D eigenvalue weighted by Crippen LogP contribution is 2.26. The van der Waals surface area contributed by atoms with Gasteiger partial charge in [0, 0.05) is 16.6 Å². The second-order valence-corrected chi connectivity index (χ2v) is 6.12. The second-order valence-electron chi connectivity index (χ2n) is 5.18. The van der Waals surface area contributed by atoms with Gasteiger partial charge in [-0.25, -0.2) is 9.78 Å². The molecule has 2 amide bonds. The van der Waals surface area contributed by atoms with Crippen molar-refractivity contribution < 1.29 is 4.79 Å². The average molecular weight is 327 g/mol. The summed E-state index contributed by atoms with van der Waals surface area (Å²) in [6.45, 7) is 2.49. The lowest BCUT2D eigenvalue weighted by molar-refractivity contribution is 0.247. The van der Waals surface area contributed by atoms with Gasteiger partial charge in [0.2, 0.25) is 0 Å². The third kappa shape index (κ3) is 4.17. The molecule has 0 bridgehead atoms. The van der Waals surface area contributed by atoms with E-state index in [1.165, 1.54) is 11.2 Å². The average Bonchev–Trinajstić information content (AvgIpc) is 3.20. The molecule has 0 aliphatic carbocycles. The maximum Gasteiger partial charge on any atom is 0.319 e. The zero-order valence-corrected chi connectivity index (χ0v) is 13.5. The van der Waals surface area contributed by atoms with Crippen molar-refractivity contribution >= 4 is 23.1 Å². The van der Waals surface area contributed by atoms with E-state index in [0.29, 0.717) is 6.54 Å². The minimum absolute atomic E-state index is 0.0582. The molecule has 1 atom stereocenters. The van der Waals surface area contributed by atoms with Gasteiger partial charge in [-0.1, -0.05) is 18.2 Å². The van der Waals surface area contributed by atoms with Gasteiger partial charge in [0.25, 0.3) is 0 Å². The summed E-state index contributed by atoms with van der Waals surface area (Å²) in [7, 11) is 0. The molecule has 2 aromatic heterocycles. The number of urea groups is 1. The largest absolute Gasteiger partial charge is 0.334 e. The Morgan fingerprint density at radius 3 is 3.00 bits per heavy atom. The highest BCUT2D eigenvalue weighted by atomic mass is 32.1. The molecular formula is C16H17N5OS. The molecule has 0 unspecified atom stereocenters. The number of anilines is 1. The fourth-order valence-electron chi connectivity index (χ4n) is 2.24. The van der Waals surface area contributed by atoms with Gasteiger partial charge < -0.3 is 10.6 Å². The first-order valence-electron chi connectivity index (χ1n) is 7.24. The van der Waals surface area contributed by atoms with Crippen LogP contribution in [0.25, 0.3) is 10.4 Å². The molecule has 3 rings (SSSR count). The van der Waals surface area contributed by atoms with E-state index >= 15 is 0 Å². The lowest BCUT2D eigenvalue weighted by Crippen LogP contribution is -2.38. The number of nitrogens with one attached hydrogen (secondary N) is 2. The van der Waals surface area contributed by atoms with E-state index in [1.807, 2.05) is 42.6 Å². The third-order valence-electron chi connectivity index (χ3n) is 3.23. The highest BCUT2D eigenvalue weighted by Gasteiger charge is 2.09. The lowest BCUT2D eigenvalue weighted by atomic mass is 10.1. The van der Waals surface area contributed by atoms with Crippen molar-refractivity contribution in [1.82, 2.24) is 20.1 Å². The van der Waals surface area contributed by atoms with Gasteiger partial charge in [-0.15, -0.1) is 11.3 Å². The van der Waals surface area contributed by atoms with Crippen molar-refractivity contribution in [2.75, 3.05) is 5.32 Å². The number of nitrogens with zero attached hydrogens (tertiary/aromatic N) is 3. The number of carbonyl (C=O) groups is 1. The minimum Gasteiger partial charge on any atom is -0.334 e. The Kier molecular flexibility index (Phi) is 4.68. The van der Waals surface area contributed by atoms with E-state index in [0.717, 1.165) is 11.3 Å². The number of carbonyl (C=O) groups excluding carboxylic acids is 1. The smallest absolute Gasteiger partial charge is 0.319 e. The third-order valence-corrected chi connectivity index (χ3v) is 4.15. The van der Waals surface area contributed by atoms with E-state index in [9.17, 15) is 4.79 Å². The van der Waals surface area contributed by atoms with Crippen LogP contribution >= 0.6 is 11.3 Å². The van der Waals surface area contributed by atoms with Gasteiger partial charge >= 0.3 is 6.03 Å². The molecule has 118 valence electrons. The molecule has 3 aromatic rings. The summed E-state index contributed by atoms with van der Waals surface area (Å²) in [5.74, 6) is 0. The summed E-state index contributed by atoms with van der Waals surface area (Å²) in [6.07, 6.45) is 3.10. The number of hydrogen-bond donors (Lipinski definition) is 2. The van der Waals surface area contributed by atoms with Gasteiger partial charge in [0.15, 0.2) is 0 Å². The SMILES string of the molecule is C[C@@H](Cn1cncn1)NC(=O)Nc1cccc(-c2cccs2)c1. The molecule has 0 aliphatic rings. The van der Waals surface area contributed by atoms with Gasteiger partial charge in [-0.3, -0.25) is 4.68 Å². The Bertz CT molecular complexity index is 755. The van der Waals surface area contributed by atoms with Crippen LogP contribution in [-0.4, -0.2) is 26.8 Å². The van der Waals surface area contributed by atoms with Gasteiger partial charge in [-0.05, 0) is 36.1 Å². The lowest BCUT2D eigenvalue weighted by Gasteiger charge is -2.14. The number of aromatic nitrogens is 3. The first kappa shape index (κ1) is 15.2. The molecule has 0 fully saturated rings. The maximum absolute atomic E-state index is 12.1. The van der Waals surface area contributed by atoms with E-state index < -0.39 is 0 Å². The van der Waals surface area contributed by atoms with Crippen molar-refractivity contribution in [1.29, 1.82) is 0 Å².